The summed E-state index contributed by atoms with van der Waals surface area (Å²) in [6.45, 7) is 3.33. The van der Waals surface area contributed by atoms with Gasteiger partial charge in [-0.2, -0.15) is 11.8 Å². The summed E-state index contributed by atoms with van der Waals surface area (Å²) < 4.78 is 0. The van der Waals surface area contributed by atoms with Crippen LogP contribution in [0.25, 0.3) is 0 Å². The van der Waals surface area contributed by atoms with E-state index in [1.54, 1.807) is 0 Å². The van der Waals surface area contributed by atoms with Crippen molar-refractivity contribution in [3.05, 3.63) is 0 Å². The van der Waals surface area contributed by atoms with Crippen LogP contribution in [0.15, 0.2) is 0 Å². The van der Waals surface area contributed by atoms with Crippen LogP contribution in [0.1, 0.15) is 39.5 Å². The highest BCUT2D eigenvalue weighted by molar-refractivity contribution is 7.98. The van der Waals surface area contributed by atoms with E-state index in [-0.39, 0.29) is 38.1 Å². The molecule has 0 saturated carbocycles. The van der Waals surface area contributed by atoms with Gasteiger partial charge in [0.25, 0.3) is 0 Å². The lowest BCUT2D eigenvalue weighted by atomic mass is 10.0. The predicted molar refractivity (Wildman–Crippen MR) is 113 cm³/mol. The highest BCUT2D eigenvalue weighted by Gasteiger charge is 2.29. The molecule has 0 aromatic carbocycles. The van der Waals surface area contributed by atoms with Crippen molar-refractivity contribution in [2.24, 2.45) is 17.4 Å². The molecule has 12 heteroatoms. The van der Waals surface area contributed by atoms with Gasteiger partial charge in [-0.25, -0.2) is 4.79 Å². The second kappa shape index (κ2) is 14.6. The van der Waals surface area contributed by atoms with E-state index in [4.69, 9.17) is 11.5 Å². The quantitative estimate of drug-likeness (QED) is 0.175. The Hall–Kier alpha value is -2.34. The van der Waals surface area contributed by atoms with Crippen LogP contribution in [0.3, 0.4) is 0 Å². The topological polar surface area (TPSA) is 194 Å². The standard InChI is InChI=1S/C18H33N5O6S/c1-10(2)8-13(17(27)22-12(18(28)29)6-7-30-3)23-16(26)11(4-5-14(20)24)21-15(25)9-19/h10-13H,4-9,19H2,1-3H3,(H2,20,24)(H,21,25)(H,22,27)(H,23,26)(H,28,29). The number of amides is 4. The van der Waals surface area contributed by atoms with E-state index in [1.807, 2.05) is 20.1 Å². The molecule has 8 N–H and O–H groups in total. The number of primary amides is 1. The largest absolute Gasteiger partial charge is 0.480 e. The van der Waals surface area contributed by atoms with Crippen molar-refractivity contribution in [3.8, 4) is 0 Å². The summed E-state index contributed by atoms with van der Waals surface area (Å²) in [6, 6.07) is -3.21. The highest BCUT2D eigenvalue weighted by Crippen LogP contribution is 2.08. The zero-order chi connectivity index (χ0) is 23.3. The van der Waals surface area contributed by atoms with E-state index in [9.17, 15) is 29.1 Å². The molecule has 11 nitrogen and oxygen atoms in total. The Morgan fingerprint density at radius 2 is 1.50 bits per heavy atom. The highest BCUT2D eigenvalue weighted by atomic mass is 32.2. The number of hydrogen-bond acceptors (Lipinski definition) is 7. The molecule has 0 aliphatic heterocycles. The number of hydrogen-bond donors (Lipinski definition) is 6. The van der Waals surface area contributed by atoms with E-state index in [2.05, 4.69) is 16.0 Å². The monoisotopic (exact) mass is 447 g/mol. The van der Waals surface area contributed by atoms with Gasteiger partial charge in [0, 0.05) is 6.42 Å². The number of aliphatic carboxylic acids is 1. The Bertz CT molecular complexity index is 616. The van der Waals surface area contributed by atoms with Crippen LogP contribution in [-0.4, -0.2) is 71.4 Å². The Morgan fingerprint density at radius 1 is 0.933 bits per heavy atom. The number of thioether (sulfide) groups is 1. The molecular weight excluding hydrogens is 414 g/mol. The molecule has 0 aliphatic rings. The zero-order valence-corrected chi connectivity index (χ0v) is 18.4. The molecule has 172 valence electrons. The molecule has 0 fully saturated rings. The van der Waals surface area contributed by atoms with Gasteiger partial charge in [0.05, 0.1) is 6.54 Å². The summed E-state index contributed by atoms with van der Waals surface area (Å²) in [6.07, 6.45) is 2.09. The van der Waals surface area contributed by atoms with E-state index in [1.165, 1.54) is 11.8 Å². The minimum Gasteiger partial charge on any atom is -0.480 e. The van der Waals surface area contributed by atoms with Crippen LogP contribution >= 0.6 is 11.8 Å². The molecule has 0 heterocycles. The summed E-state index contributed by atoms with van der Waals surface area (Å²) >= 11 is 1.45. The third-order valence-corrected chi connectivity index (χ3v) is 4.73. The van der Waals surface area contributed by atoms with Crippen LogP contribution in [0.5, 0.6) is 0 Å². The molecule has 0 spiro atoms. The first-order valence-electron chi connectivity index (χ1n) is 9.61. The van der Waals surface area contributed by atoms with Gasteiger partial charge in [-0.15, -0.1) is 0 Å². The van der Waals surface area contributed by atoms with Gasteiger partial charge in [0.15, 0.2) is 0 Å². The first-order chi connectivity index (χ1) is 14.0. The maximum absolute atomic E-state index is 12.7. The molecule has 30 heavy (non-hydrogen) atoms. The van der Waals surface area contributed by atoms with E-state index < -0.39 is 47.7 Å². The number of rotatable bonds is 15. The van der Waals surface area contributed by atoms with Crippen molar-refractivity contribution in [3.63, 3.8) is 0 Å². The Balaban J connectivity index is 5.34. The molecule has 3 atom stereocenters. The SMILES string of the molecule is CSCCC(NC(=O)C(CC(C)C)NC(=O)C(CCC(N)=O)NC(=O)CN)C(=O)O. The van der Waals surface area contributed by atoms with E-state index >= 15 is 0 Å². The molecule has 0 rings (SSSR count). The van der Waals surface area contributed by atoms with Crippen molar-refractivity contribution in [2.45, 2.75) is 57.7 Å². The molecule has 0 bridgehead atoms. The summed E-state index contributed by atoms with van der Waals surface area (Å²) in [5, 5.41) is 16.7. The van der Waals surface area contributed by atoms with E-state index in [0.717, 1.165) is 0 Å². The molecule has 0 radical (unpaired) electrons. The number of carboxylic acids is 1. The maximum atomic E-state index is 12.7. The van der Waals surface area contributed by atoms with E-state index in [0.29, 0.717) is 5.75 Å². The fourth-order valence-corrected chi connectivity index (χ4v) is 3.02. The first-order valence-corrected chi connectivity index (χ1v) is 11.0. The van der Waals surface area contributed by atoms with Crippen molar-refractivity contribution >= 4 is 41.4 Å². The number of nitrogens with one attached hydrogen (secondary N) is 3. The van der Waals surface area contributed by atoms with Gasteiger partial charge in [-0.1, -0.05) is 13.8 Å². The molecule has 4 amide bonds. The molecular formula is C18H33N5O6S. The molecule has 0 aliphatic carbocycles. The van der Waals surface area contributed by atoms with Crippen molar-refractivity contribution in [1.29, 1.82) is 0 Å². The van der Waals surface area contributed by atoms with Gasteiger partial charge in [0.2, 0.25) is 23.6 Å². The normalized spacial score (nSPS) is 13.8. The van der Waals surface area contributed by atoms with Crippen LogP contribution in [0.4, 0.5) is 0 Å². The molecule has 3 unspecified atom stereocenters. The summed E-state index contributed by atoms with van der Waals surface area (Å²) in [4.78, 5) is 59.4. The van der Waals surface area contributed by atoms with Crippen molar-refractivity contribution < 1.29 is 29.1 Å². The average molecular weight is 448 g/mol. The summed E-state index contributed by atoms with van der Waals surface area (Å²) in [5.74, 6) is -3.19. The average Bonchev–Trinajstić information content (AvgIpc) is 2.66. The Labute approximate surface area is 180 Å². The van der Waals surface area contributed by atoms with Gasteiger partial charge in [-0.3, -0.25) is 19.2 Å². The van der Waals surface area contributed by atoms with Gasteiger partial charge >= 0.3 is 5.97 Å². The molecule has 0 aromatic heterocycles. The molecule has 0 aromatic rings. The number of carboxylic acid groups (broad SMARTS) is 1. The third kappa shape index (κ3) is 11.6. The fraction of sp³-hybridized carbons (Fsp3) is 0.722. The minimum atomic E-state index is -1.17. The summed E-state index contributed by atoms with van der Waals surface area (Å²) in [5.41, 5.74) is 10.4. The third-order valence-electron chi connectivity index (χ3n) is 4.08. The predicted octanol–water partition coefficient (Wildman–Crippen LogP) is -1.45. The smallest absolute Gasteiger partial charge is 0.326 e. The number of carbonyl (C=O) groups is 5. The Kier molecular flexibility index (Phi) is 13.5. The number of carbonyl (C=O) groups excluding carboxylic acids is 4. The van der Waals surface area contributed by atoms with Crippen molar-refractivity contribution in [2.75, 3.05) is 18.6 Å². The van der Waals surface area contributed by atoms with Crippen molar-refractivity contribution in [1.82, 2.24) is 16.0 Å². The second-order valence-electron chi connectivity index (χ2n) is 7.20. The number of nitrogens with two attached hydrogens (primary N) is 2. The lowest BCUT2D eigenvalue weighted by Crippen LogP contribution is -2.56. The van der Waals surface area contributed by atoms with Crippen LogP contribution in [0, 0.1) is 5.92 Å². The molecule has 0 saturated heterocycles. The maximum Gasteiger partial charge on any atom is 0.326 e. The summed E-state index contributed by atoms with van der Waals surface area (Å²) in [7, 11) is 0. The second-order valence-corrected chi connectivity index (χ2v) is 8.19. The van der Waals surface area contributed by atoms with Crippen LogP contribution in [0.2, 0.25) is 0 Å². The van der Waals surface area contributed by atoms with Gasteiger partial charge in [0.1, 0.15) is 18.1 Å². The zero-order valence-electron chi connectivity index (χ0n) is 17.6. The first kappa shape index (κ1) is 27.7. The fourth-order valence-electron chi connectivity index (χ4n) is 2.55. The lowest BCUT2D eigenvalue weighted by molar-refractivity contribution is -0.142. The Morgan fingerprint density at radius 3 is 1.97 bits per heavy atom. The van der Waals surface area contributed by atoms with Crippen LogP contribution < -0.4 is 27.4 Å². The van der Waals surface area contributed by atoms with Gasteiger partial charge < -0.3 is 32.5 Å². The minimum absolute atomic E-state index is 0.0122. The lowest BCUT2D eigenvalue weighted by Gasteiger charge is -2.25. The van der Waals surface area contributed by atoms with Gasteiger partial charge in [-0.05, 0) is 37.2 Å². The van der Waals surface area contributed by atoms with Crippen LogP contribution in [-0.2, 0) is 24.0 Å².